The van der Waals surface area contributed by atoms with Crippen LogP contribution in [0.3, 0.4) is 0 Å². The molecule has 1 fully saturated rings. The SMILES string of the molecule is CC(C)c1nccn1Cc1cc(C(=O)N(C)CCN2CCCCC2)n[nH]1. The first-order valence-electron chi connectivity index (χ1n) is 9.57. The van der Waals surface area contributed by atoms with Crippen LogP contribution in [-0.4, -0.2) is 68.7 Å². The Balaban J connectivity index is 1.56. The Labute approximate surface area is 155 Å². The van der Waals surface area contributed by atoms with E-state index < -0.39 is 0 Å². The first kappa shape index (κ1) is 18.6. The molecule has 3 rings (SSSR count). The number of hydrogen-bond donors (Lipinski definition) is 1. The minimum Gasteiger partial charge on any atom is -0.339 e. The molecule has 0 atom stereocenters. The van der Waals surface area contributed by atoms with Crippen LogP contribution in [0, 0.1) is 0 Å². The summed E-state index contributed by atoms with van der Waals surface area (Å²) in [7, 11) is 1.85. The number of rotatable bonds is 7. The number of piperidine rings is 1. The summed E-state index contributed by atoms with van der Waals surface area (Å²) in [5, 5.41) is 7.22. The predicted molar refractivity (Wildman–Crippen MR) is 101 cm³/mol. The lowest BCUT2D eigenvalue weighted by molar-refractivity contribution is 0.0767. The van der Waals surface area contributed by atoms with E-state index in [0.717, 1.165) is 37.7 Å². The summed E-state index contributed by atoms with van der Waals surface area (Å²) < 4.78 is 2.09. The standard InChI is InChI=1S/C19H30N6O/c1-15(2)18-20-7-10-25(18)14-16-13-17(22-21-16)19(26)23(3)11-12-24-8-5-4-6-9-24/h7,10,13,15H,4-6,8-9,11-12,14H2,1-3H3,(H,21,22). The van der Waals surface area contributed by atoms with Gasteiger partial charge in [0.15, 0.2) is 0 Å². The fourth-order valence-electron chi connectivity index (χ4n) is 3.46. The van der Waals surface area contributed by atoms with Crippen molar-refractivity contribution in [1.29, 1.82) is 0 Å². The molecule has 142 valence electrons. The monoisotopic (exact) mass is 358 g/mol. The van der Waals surface area contributed by atoms with Crippen LogP contribution in [0.15, 0.2) is 18.5 Å². The van der Waals surface area contributed by atoms with Crippen LogP contribution in [-0.2, 0) is 6.54 Å². The molecule has 7 nitrogen and oxygen atoms in total. The summed E-state index contributed by atoms with van der Waals surface area (Å²) in [6.07, 6.45) is 7.64. The van der Waals surface area contributed by atoms with Gasteiger partial charge in [0.05, 0.1) is 12.2 Å². The summed E-state index contributed by atoms with van der Waals surface area (Å²) in [5.74, 6) is 1.36. The van der Waals surface area contributed by atoms with Gasteiger partial charge in [0.1, 0.15) is 11.5 Å². The molecule has 1 aliphatic rings. The normalized spacial score (nSPS) is 15.5. The van der Waals surface area contributed by atoms with E-state index in [9.17, 15) is 4.79 Å². The number of aromatic amines is 1. The molecule has 3 heterocycles. The Kier molecular flexibility index (Phi) is 6.08. The highest BCUT2D eigenvalue weighted by molar-refractivity contribution is 5.92. The number of carbonyl (C=O) groups is 1. The molecule has 0 bridgehead atoms. The van der Waals surface area contributed by atoms with Gasteiger partial charge in [-0.2, -0.15) is 5.10 Å². The zero-order valence-electron chi connectivity index (χ0n) is 16.1. The van der Waals surface area contributed by atoms with Crippen LogP contribution >= 0.6 is 0 Å². The molecule has 2 aromatic heterocycles. The number of H-pyrrole nitrogens is 1. The molecule has 1 aliphatic heterocycles. The number of nitrogens with zero attached hydrogens (tertiary/aromatic N) is 5. The van der Waals surface area contributed by atoms with Gasteiger partial charge in [0.2, 0.25) is 0 Å². The highest BCUT2D eigenvalue weighted by atomic mass is 16.2. The molecule has 1 amide bonds. The lowest BCUT2D eigenvalue weighted by atomic mass is 10.1. The molecule has 1 saturated heterocycles. The number of likely N-dealkylation sites (N-methyl/N-ethyl adjacent to an activating group) is 1. The minimum absolute atomic E-state index is 0.0285. The van der Waals surface area contributed by atoms with Crippen molar-refractivity contribution < 1.29 is 4.79 Å². The summed E-state index contributed by atoms with van der Waals surface area (Å²) in [6, 6.07) is 1.85. The summed E-state index contributed by atoms with van der Waals surface area (Å²) in [4.78, 5) is 21.2. The van der Waals surface area contributed by atoms with Crippen LogP contribution in [0.5, 0.6) is 0 Å². The van der Waals surface area contributed by atoms with Gasteiger partial charge in [-0.3, -0.25) is 9.89 Å². The van der Waals surface area contributed by atoms with Crippen molar-refractivity contribution >= 4 is 5.91 Å². The zero-order chi connectivity index (χ0) is 18.5. The number of aromatic nitrogens is 4. The highest BCUT2D eigenvalue weighted by Crippen LogP contribution is 2.14. The average Bonchev–Trinajstić information content (AvgIpc) is 3.30. The van der Waals surface area contributed by atoms with Gasteiger partial charge in [-0.05, 0) is 32.0 Å². The van der Waals surface area contributed by atoms with Gasteiger partial charge in [-0.1, -0.05) is 20.3 Å². The largest absolute Gasteiger partial charge is 0.339 e. The molecule has 26 heavy (non-hydrogen) atoms. The molecule has 0 saturated carbocycles. The third kappa shape index (κ3) is 4.52. The Morgan fingerprint density at radius 3 is 2.81 bits per heavy atom. The third-order valence-electron chi connectivity index (χ3n) is 5.00. The highest BCUT2D eigenvalue weighted by Gasteiger charge is 2.18. The van der Waals surface area contributed by atoms with Crippen LogP contribution in [0.2, 0.25) is 0 Å². The molecule has 7 heteroatoms. The van der Waals surface area contributed by atoms with Crippen LogP contribution in [0.1, 0.15) is 61.0 Å². The topological polar surface area (TPSA) is 70.1 Å². The van der Waals surface area contributed by atoms with E-state index in [1.54, 1.807) is 4.90 Å². The van der Waals surface area contributed by atoms with Gasteiger partial charge in [-0.25, -0.2) is 4.98 Å². The van der Waals surface area contributed by atoms with Crippen molar-refractivity contribution in [3.63, 3.8) is 0 Å². The maximum Gasteiger partial charge on any atom is 0.274 e. The molecule has 2 aromatic rings. The number of likely N-dealkylation sites (tertiary alicyclic amines) is 1. The van der Waals surface area contributed by atoms with E-state index in [1.807, 2.05) is 25.5 Å². The van der Waals surface area contributed by atoms with Gasteiger partial charge in [-0.15, -0.1) is 0 Å². The summed E-state index contributed by atoms with van der Waals surface area (Å²) in [5.41, 5.74) is 1.39. The average molecular weight is 358 g/mol. The van der Waals surface area contributed by atoms with E-state index in [0.29, 0.717) is 18.2 Å². The second-order valence-corrected chi connectivity index (χ2v) is 7.48. The van der Waals surface area contributed by atoms with Crippen LogP contribution < -0.4 is 0 Å². The molecular weight excluding hydrogens is 328 g/mol. The van der Waals surface area contributed by atoms with Crippen molar-refractivity contribution in [2.24, 2.45) is 0 Å². The maximum atomic E-state index is 12.6. The second kappa shape index (κ2) is 8.49. The van der Waals surface area contributed by atoms with Crippen molar-refractivity contribution in [2.75, 3.05) is 33.2 Å². The summed E-state index contributed by atoms with van der Waals surface area (Å²) >= 11 is 0. The van der Waals surface area contributed by atoms with Crippen molar-refractivity contribution in [3.8, 4) is 0 Å². The molecule has 0 unspecified atom stereocenters. The predicted octanol–water partition coefficient (Wildman–Crippen LogP) is 2.34. The fourth-order valence-corrected chi connectivity index (χ4v) is 3.46. The number of hydrogen-bond acceptors (Lipinski definition) is 4. The van der Waals surface area contributed by atoms with Crippen LogP contribution in [0.4, 0.5) is 0 Å². The minimum atomic E-state index is -0.0285. The van der Waals surface area contributed by atoms with Gasteiger partial charge < -0.3 is 14.4 Å². The number of imidazole rings is 1. The van der Waals surface area contributed by atoms with E-state index >= 15 is 0 Å². The molecule has 0 spiro atoms. The summed E-state index contributed by atoms with van der Waals surface area (Å²) in [6.45, 7) is 8.86. The molecule has 1 N–H and O–H groups in total. The molecular formula is C19H30N6O. The Bertz CT molecular complexity index is 713. The van der Waals surface area contributed by atoms with Crippen molar-refractivity contribution in [1.82, 2.24) is 29.5 Å². The lowest BCUT2D eigenvalue weighted by Gasteiger charge is -2.28. The fraction of sp³-hybridized carbons (Fsp3) is 0.632. The van der Waals surface area contributed by atoms with Gasteiger partial charge in [0.25, 0.3) is 5.91 Å². The Hall–Kier alpha value is -2.15. The Morgan fingerprint density at radius 2 is 2.08 bits per heavy atom. The first-order valence-corrected chi connectivity index (χ1v) is 9.57. The van der Waals surface area contributed by atoms with Crippen molar-refractivity contribution in [3.05, 3.63) is 35.7 Å². The molecule has 0 aliphatic carbocycles. The Morgan fingerprint density at radius 1 is 1.31 bits per heavy atom. The van der Waals surface area contributed by atoms with E-state index in [1.165, 1.54) is 19.3 Å². The number of nitrogens with one attached hydrogen (secondary N) is 1. The number of amides is 1. The second-order valence-electron chi connectivity index (χ2n) is 7.48. The van der Waals surface area contributed by atoms with Crippen molar-refractivity contribution in [2.45, 2.75) is 45.6 Å². The quantitative estimate of drug-likeness (QED) is 0.825. The maximum absolute atomic E-state index is 12.6. The van der Waals surface area contributed by atoms with Gasteiger partial charge >= 0.3 is 0 Å². The van der Waals surface area contributed by atoms with E-state index in [-0.39, 0.29) is 5.91 Å². The molecule has 0 radical (unpaired) electrons. The van der Waals surface area contributed by atoms with Crippen LogP contribution in [0.25, 0.3) is 0 Å². The van der Waals surface area contributed by atoms with E-state index in [2.05, 4.69) is 38.5 Å². The van der Waals surface area contributed by atoms with E-state index in [4.69, 9.17) is 0 Å². The smallest absolute Gasteiger partial charge is 0.274 e. The lowest BCUT2D eigenvalue weighted by Crippen LogP contribution is -2.38. The molecule has 0 aromatic carbocycles. The number of carbonyl (C=O) groups excluding carboxylic acids is 1. The zero-order valence-corrected chi connectivity index (χ0v) is 16.1. The first-order chi connectivity index (χ1) is 12.5. The van der Waals surface area contributed by atoms with Gasteiger partial charge in [0, 0.05) is 38.4 Å². The third-order valence-corrected chi connectivity index (χ3v) is 5.00.